The monoisotopic (exact) mass is 298 g/mol. The highest BCUT2D eigenvalue weighted by Crippen LogP contribution is 2.23. The average molecular weight is 298 g/mol. The van der Waals surface area contributed by atoms with Crippen LogP contribution in [0.25, 0.3) is 0 Å². The van der Waals surface area contributed by atoms with Crippen LogP contribution >= 0.6 is 0 Å². The van der Waals surface area contributed by atoms with Gasteiger partial charge in [0.2, 0.25) is 5.91 Å². The van der Waals surface area contributed by atoms with Crippen LogP contribution in [0.2, 0.25) is 0 Å². The third-order valence-corrected chi connectivity index (χ3v) is 3.94. The largest absolute Gasteiger partial charge is 0.382 e. The van der Waals surface area contributed by atoms with Gasteiger partial charge in [-0.25, -0.2) is 0 Å². The molecule has 1 aromatic heterocycles. The summed E-state index contributed by atoms with van der Waals surface area (Å²) in [6.07, 6.45) is 8.68. The molecule has 5 heteroatoms. The van der Waals surface area contributed by atoms with Gasteiger partial charge in [0, 0.05) is 23.6 Å². The number of rotatable bonds is 5. The van der Waals surface area contributed by atoms with E-state index in [1.54, 1.807) is 10.9 Å². The lowest BCUT2D eigenvalue weighted by atomic mass is 10.2. The summed E-state index contributed by atoms with van der Waals surface area (Å²) < 4.78 is 1.64. The first kappa shape index (κ1) is 14.6. The van der Waals surface area contributed by atoms with Gasteiger partial charge in [-0.05, 0) is 43.5 Å². The number of carbonyl (C=O) groups excluding carboxylic acids is 1. The molecule has 3 rings (SSSR count). The molecule has 0 atom stereocenters. The smallest absolute Gasteiger partial charge is 0.246 e. The van der Waals surface area contributed by atoms with E-state index >= 15 is 0 Å². The summed E-state index contributed by atoms with van der Waals surface area (Å²) in [5, 5.41) is 10.6. The molecule has 5 nitrogen and oxygen atoms in total. The number of carbonyl (C=O) groups is 1. The van der Waals surface area contributed by atoms with Gasteiger partial charge in [0.15, 0.2) is 0 Å². The van der Waals surface area contributed by atoms with Crippen LogP contribution < -0.4 is 10.6 Å². The predicted octanol–water partition coefficient (Wildman–Crippen LogP) is 3.18. The molecule has 1 heterocycles. The van der Waals surface area contributed by atoms with Gasteiger partial charge in [0.1, 0.15) is 6.54 Å². The number of aryl methyl sites for hydroxylation is 1. The van der Waals surface area contributed by atoms with Gasteiger partial charge < -0.3 is 10.6 Å². The predicted molar refractivity (Wildman–Crippen MR) is 87.9 cm³/mol. The van der Waals surface area contributed by atoms with Crippen molar-refractivity contribution in [3.63, 3.8) is 0 Å². The van der Waals surface area contributed by atoms with E-state index in [1.807, 2.05) is 37.4 Å². The molecule has 1 saturated carbocycles. The lowest BCUT2D eigenvalue weighted by Gasteiger charge is -2.14. The Labute approximate surface area is 130 Å². The highest BCUT2D eigenvalue weighted by molar-refractivity contribution is 5.91. The number of benzene rings is 1. The fourth-order valence-corrected chi connectivity index (χ4v) is 2.89. The van der Waals surface area contributed by atoms with Crippen molar-refractivity contribution in [2.75, 3.05) is 10.6 Å². The van der Waals surface area contributed by atoms with Crippen molar-refractivity contribution in [2.24, 2.45) is 0 Å². The number of amides is 1. The van der Waals surface area contributed by atoms with E-state index in [0.29, 0.717) is 6.04 Å². The summed E-state index contributed by atoms with van der Waals surface area (Å²) in [6.45, 7) is 2.19. The topological polar surface area (TPSA) is 59.0 Å². The summed E-state index contributed by atoms with van der Waals surface area (Å²) in [4.78, 5) is 12.1. The molecule has 116 valence electrons. The zero-order valence-electron chi connectivity index (χ0n) is 12.9. The van der Waals surface area contributed by atoms with Crippen LogP contribution in [0.1, 0.15) is 31.2 Å². The van der Waals surface area contributed by atoms with Gasteiger partial charge in [0.05, 0.1) is 6.20 Å². The van der Waals surface area contributed by atoms with Crippen LogP contribution in [0.15, 0.2) is 36.7 Å². The fourth-order valence-electron chi connectivity index (χ4n) is 2.89. The Morgan fingerprint density at radius 1 is 1.32 bits per heavy atom. The Kier molecular flexibility index (Phi) is 4.42. The molecule has 0 radical (unpaired) electrons. The summed E-state index contributed by atoms with van der Waals surface area (Å²) in [5.74, 6) is -0.0684. The van der Waals surface area contributed by atoms with Crippen molar-refractivity contribution in [3.8, 4) is 0 Å². The third-order valence-electron chi connectivity index (χ3n) is 3.94. The fraction of sp³-hybridized carbons (Fsp3) is 0.412. The number of nitrogens with zero attached hydrogens (tertiary/aromatic N) is 2. The first-order chi connectivity index (χ1) is 10.7. The first-order valence-corrected chi connectivity index (χ1v) is 7.84. The Morgan fingerprint density at radius 2 is 2.09 bits per heavy atom. The maximum Gasteiger partial charge on any atom is 0.246 e. The minimum atomic E-state index is -0.0684. The second-order valence-corrected chi connectivity index (χ2v) is 5.97. The van der Waals surface area contributed by atoms with Gasteiger partial charge in [-0.2, -0.15) is 5.10 Å². The molecule has 1 aliphatic carbocycles. The standard InChI is InChI=1S/C17H22N4O/c1-13-10-18-21(11-13)12-17(22)20-16-8-4-7-15(9-16)19-14-5-2-3-6-14/h4,7-11,14,19H,2-3,5-6,12H2,1H3,(H,20,22). The van der Waals surface area contributed by atoms with Crippen molar-refractivity contribution in [2.45, 2.75) is 45.2 Å². The van der Waals surface area contributed by atoms with Gasteiger partial charge in [-0.1, -0.05) is 18.9 Å². The highest BCUT2D eigenvalue weighted by atomic mass is 16.2. The van der Waals surface area contributed by atoms with E-state index in [4.69, 9.17) is 0 Å². The Balaban J connectivity index is 1.58. The average Bonchev–Trinajstić information content (AvgIpc) is 3.11. The lowest BCUT2D eigenvalue weighted by molar-refractivity contribution is -0.116. The minimum Gasteiger partial charge on any atom is -0.382 e. The van der Waals surface area contributed by atoms with Crippen LogP contribution in [0.5, 0.6) is 0 Å². The normalized spacial score (nSPS) is 15.0. The van der Waals surface area contributed by atoms with Crippen molar-refractivity contribution >= 4 is 17.3 Å². The second kappa shape index (κ2) is 6.64. The number of hydrogen-bond acceptors (Lipinski definition) is 3. The molecular formula is C17H22N4O. The van der Waals surface area contributed by atoms with Gasteiger partial charge in [-0.3, -0.25) is 9.48 Å². The molecule has 0 spiro atoms. The quantitative estimate of drug-likeness (QED) is 0.891. The van der Waals surface area contributed by atoms with Crippen LogP contribution in [0.4, 0.5) is 11.4 Å². The summed E-state index contributed by atoms with van der Waals surface area (Å²) in [6, 6.07) is 8.48. The number of aromatic nitrogens is 2. The molecule has 1 aliphatic rings. The molecular weight excluding hydrogens is 276 g/mol. The molecule has 2 aromatic rings. The van der Waals surface area contributed by atoms with E-state index in [0.717, 1.165) is 16.9 Å². The van der Waals surface area contributed by atoms with Gasteiger partial charge >= 0.3 is 0 Å². The zero-order chi connectivity index (χ0) is 15.4. The molecule has 1 aromatic carbocycles. The highest BCUT2D eigenvalue weighted by Gasteiger charge is 2.14. The van der Waals surface area contributed by atoms with Crippen LogP contribution in [-0.4, -0.2) is 21.7 Å². The van der Waals surface area contributed by atoms with Crippen LogP contribution in [-0.2, 0) is 11.3 Å². The van der Waals surface area contributed by atoms with Crippen molar-refractivity contribution < 1.29 is 4.79 Å². The van der Waals surface area contributed by atoms with E-state index in [2.05, 4.69) is 15.7 Å². The maximum atomic E-state index is 12.1. The first-order valence-electron chi connectivity index (χ1n) is 7.84. The minimum absolute atomic E-state index is 0.0684. The molecule has 2 N–H and O–H groups in total. The van der Waals surface area contributed by atoms with E-state index in [-0.39, 0.29) is 12.5 Å². The Hall–Kier alpha value is -2.30. The third kappa shape index (κ3) is 3.87. The summed E-state index contributed by atoms with van der Waals surface area (Å²) >= 11 is 0. The van der Waals surface area contributed by atoms with Gasteiger partial charge in [-0.15, -0.1) is 0 Å². The number of anilines is 2. The molecule has 0 aliphatic heterocycles. The molecule has 0 unspecified atom stereocenters. The van der Waals surface area contributed by atoms with Crippen molar-refractivity contribution in [1.29, 1.82) is 0 Å². The molecule has 0 bridgehead atoms. The van der Waals surface area contributed by atoms with Crippen LogP contribution in [0.3, 0.4) is 0 Å². The SMILES string of the molecule is Cc1cnn(CC(=O)Nc2cccc(NC3CCCC3)c2)c1. The van der Waals surface area contributed by atoms with E-state index in [1.165, 1.54) is 25.7 Å². The van der Waals surface area contributed by atoms with Crippen molar-refractivity contribution in [1.82, 2.24) is 9.78 Å². The second-order valence-electron chi connectivity index (χ2n) is 5.97. The van der Waals surface area contributed by atoms with Crippen molar-refractivity contribution in [3.05, 3.63) is 42.2 Å². The zero-order valence-corrected chi connectivity index (χ0v) is 12.9. The Morgan fingerprint density at radius 3 is 2.82 bits per heavy atom. The summed E-state index contributed by atoms with van der Waals surface area (Å²) in [7, 11) is 0. The van der Waals surface area contributed by atoms with Crippen LogP contribution in [0, 0.1) is 6.92 Å². The Bertz CT molecular complexity index is 644. The molecule has 0 saturated heterocycles. The maximum absolute atomic E-state index is 12.1. The molecule has 1 fully saturated rings. The summed E-state index contributed by atoms with van der Waals surface area (Å²) in [5.41, 5.74) is 2.94. The number of hydrogen-bond donors (Lipinski definition) is 2. The van der Waals surface area contributed by atoms with E-state index in [9.17, 15) is 4.79 Å². The van der Waals surface area contributed by atoms with E-state index < -0.39 is 0 Å². The molecule has 22 heavy (non-hydrogen) atoms. The number of nitrogens with one attached hydrogen (secondary N) is 2. The lowest BCUT2D eigenvalue weighted by Crippen LogP contribution is -2.19. The van der Waals surface area contributed by atoms with Gasteiger partial charge in [0.25, 0.3) is 0 Å². The molecule has 1 amide bonds.